The average molecular weight is 270 g/mol. The van der Waals surface area contributed by atoms with Crippen molar-refractivity contribution in [1.82, 2.24) is 4.98 Å². The fraction of sp³-hybridized carbons (Fsp3) is 0.200. The molecule has 5 heteroatoms. The van der Waals surface area contributed by atoms with E-state index >= 15 is 0 Å². The summed E-state index contributed by atoms with van der Waals surface area (Å²) in [6.07, 6.45) is 1.49. The van der Waals surface area contributed by atoms with Crippen molar-refractivity contribution >= 4 is 11.7 Å². The van der Waals surface area contributed by atoms with Crippen LogP contribution in [0.3, 0.4) is 0 Å². The van der Waals surface area contributed by atoms with Crippen molar-refractivity contribution in [2.45, 2.75) is 6.54 Å². The normalized spacial score (nSPS) is 10.2. The molecule has 1 heterocycles. The smallest absolute Gasteiger partial charge is 0.250 e. The summed E-state index contributed by atoms with van der Waals surface area (Å²) >= 11 is 0. The predicted octanol–water partition coefficient (Wildman–Crippen LogP) is 1.15. The number of carbonyl (C=O) groups is 1. The summed E-state index contributed by atoms with van der Waals surface area (Å²) in [5.74, 6) is 0.307. The van der Waals surface area contributed by atoms with Gasteiger partial charge < -0.3 is 16.4 Å². The van der Waals surface area contributed by atoms with Gasteiger partial charge in [0.2, 0.25) is 5.91 Å². The molecule has 5 nitrogen and oxygen atoms in total. The number of hydrogen-bond acceptors (Lipinski definition) is 4. The molecule has 2 aromatic rings. The minimum absolute atomic E-state index is 0.404. The van der Waals surface area contributed by atoms with E-state index in [2.05, 4.69) is 22.0 Å². The number of amides is 1. The molecule has 0 aliphatic heterocycles. The number of anilines is 1. The molecule has 0 atom stereocenters. The van der Waals surface area contributed by atoms with Crippen LogP contribution in [0.1, 0.15) is 15.9 Å². The lowest BCUT2D eigenvalue weighted by Crippen LogP contribution is -2.29. The van der Waals surface area contributed by atoms with Gasteiger partial charge in [-0.1, -0.05) is 30.3 Å². The van der Waals surface area contributed by atoms with Crippen LogP contribution in [0.25, 0.3) is 0 Å². The molecule has 4 N–H and O–H groups in total. The fourth-order valence-corrected chi connectivity index (χ4v) is 1.95. The van der Waals surface area contributed by atoms with Crippen LogP contribution >= 0.6 is 0 Å². The molecular formula is C15H18N4O. The number of nitrogens with two attached hydrogens (primary N) is 2. The zero-order chi connectivity index (χ0) is 14.4. The first-order valence-corrected chi connectivity index (χ1v) is 6.45. The van der Waals surface area contributed by atoms with Gasteiger partial charge in [0.25, 0.3) is 0 Å². The van der Waals surface area contributed by atoms with Crippen molar-refractivity contribution in [1.29, 1.82) is 0 Å². The summed E-state index contributed by atoms with van der Waals surface area (Å²) in [4.78, 5) is 17.4. The van der Waals surface area contributed by atoms with E-state index in [-0.39, 0.29) is 0 Å². The van der Waals surface area contributed by atoms with Gasteiger partial charge in [-0.2, -0.15) is 0 Å². The van der Waals surface area contributed by atoms with E-state index in [1.54, 1.807) is 12.1 Å². The van der Waals surface area contributed by atoms with Crippen molar-refractivity contribution in [3.05, 3.63) is 59.8 Å². The van der Waals surface area contributed by atoms with E-state index < -0.39 is 5.91 Å². The Hall–Kier alpha value is -2.40. The molecule has 1 aromatic carbocycles. The molecule has 20 heavy (non-hydrogen) atoms. The van der Waals surface area contributed by atoms with Crippen molar-refractivity contribution < 1.29 is 4.79 Å². The highest BCUT2D eigenvalue weighted by Gasteiger charge is 2.09. The van der Waals surface area contributed by atoms with Crippen molar-refractivity contribution in [3.63, 3.8) is 0 Å². The number of nitrogens with zero attached hydrogens (tertiary/aromatic N) is 2. The number of pyridine rings is 1. The molecule has 104 valence electrons. The van der Waals surface area contributed by atoms with E-state index in [0.717, 1.165) is 12.4 Å². The topological polar surface area (TPSA) is 85.2 Å². The third-order valence-corrected chi connectivity index (χ3v) is 2.97. The van der Waals surface area contributed by atoms with Gasteiger partial charge >= 0.3 is 0 Å². The Bertz CT molecular complexity index is 554. The standard InChI is InChI=1S/C15H18N4O/c16-8-9-19(11-12-4-2-1-3-5-12)14-7-6-13(10-18-14)15(17)20/h1-7,10H,8-9,11,16H2,(H2,17,20). The van der Waals surface area contributed by atoms with Crippen molar-refractivity contribution in [3.8, 4) is 0 Å². The number of primary amides is 1. The second-order valence-electron chi connectivity index (χ2n) is 4.47. The van der Waals surface area contributed by atoms with E-state index in [9.17, 15) is 4.79 Å². The molecule has 0 saturated heterocycles. The van der Waals surface area contributed by atoms with Gasteiger partial charge in [-0.25, -0.2) is 4.98 Å². The maximum atomic E-state index is 11.0. The molecule has 0 saturated carbocycles. The molecule has 2 rings (SSSR count). The Morgan fingerprint density at radius 1 is 1.15 bits per heavy atom. The first-order valence-electron chi connectivity index (χ1n) is 6.45. The lowest BCUT2D eigenvalue weighted by atomic mass is 10.2. The number of benzene rings is 1. The van der Waals surface area contributed by atoms with E-state index in [0.29, 0.717) is 18.7 Å². The summed E-state index contributed by atoms with van der Waals surface area (Å²) in [5, 5.41) is 0. The highest BCUT2D eigenvalue weighted by Crippen LogP contribution is 2.14. The van der Waals surface area contributed by atoms with E-state index in [1.165, 1.54) is 11.8 Å². The van der Waals surface area contributed by atoms with Crippen LogP contribution in [0.15, 0.2) is 48.7 Å². The van der Waals surface area contributed by atoms with Gasteiger partial charge in [0, 0.05) is 25.8 Å². The first-order chi connectivity index (χ1) is 9.70. The highest BCUT2D eigenvalue weighted by atomic mass is 16.1. The number of carbonyl (C=O) groups excluding carboxylic acids is 1. The maximum Gasteiger partial charge on any atom is 0.250 e. The minimum Gasteiger partial charge on any atom is -0.366 e. The molecule has 1 amide bonds. The summed E-state index contributed by atoms with van der Waals surface area (Å²) < 4.78 is 0. The van der Waals surface area contributed by atoms with E-state index in [4.69, 9.17) is 11.5 Å². The van der Waals surface area contributed by atoms with Crippen LogP contribution < -0.4 is 16.4 Å². The molecule has 0 fully saturated rings. The zero-order valence-corrected chi connectivity index (χ0v) is 11.2. The largest absolute Gasteiger partial charge is 0.366 e. The molecule has 0 spiro atoms. The van der Waals surface area contributed by atoms with Crippen molar-refractivity contribution in [2.24, 2.45) is 11.5 Å². The van der Waals surface area contributed by atoms with Gasteiger partial charge in [-0.15, -0.1) is 0 Å². The minimum atomic E-state index is -0.475. The first kappa shape index (κ1) is 14.0. The quantitative estimate of drug-likeness (QED) is 0.824. The lowest BCUT2D eigenvalue weighted by molar-refractivity contribution is 0.1000. The lowest BCUT2D eigenvalue weighted by Gasteiger charge is -2.23. The van der Waals surface area contributed by atoms with Crippen LogP contribution in [0, 0.1) is 0 Å². The van der Waals surface area contributed by atoms with Gasteiger partial charge in [-0.05, 0) is 17.7 Å². The second-order valence-corrected chi connectivity index (χ2v) is 4.47. The monoisotopic (exact) mass is 270 g/mol. The fourth-order valence-electron chi connectivity index (χ4n) is 1.95. The van der Waals surface area contributed by atoms with Gasteiger partial charge in [0.15, 0.2) is 0 Å². The number of rotatable bonds is 6. The molecule has 0 aliphatic carbocycles. The zero-order valence-electron chi connectivity index (χ0n) is 11.2. The van der Waals surface area contributed by atoms with Crippen molar-refractivity contribution in [2.75, 3.05) is 18.0 Å². The number of hydrogen-bond donors (Lipinski definition) is 2. The van der Waals surface area contributed by atoms with E-state index in [1.807, 2.05) is 18.2 Å². The summed E-state index contributed by atoms with van der Waals surface area (Å²) in [6.45, 7) is 1.95. The molecule has 0 aliphatic rings. The Morgan fingerprint density at radius 2 is 1.90 bits per heavy atom. The van der Waals surface area contributed by atoms with Crippen LogP contribution in [-0.4, -0.2) is 24.0 Å². The summed E-state index contributed by atoms with van der Waals surface area (Å²) in [6, 6.07) is 13.6. The molecule has 0 radical (unpaired) electrons. The third-order valence-electron chi connectivity index (χ3n) is 2.97. The maximum absolute atomic E-state index is 11.0. The highest BCUT2D eigenvalue weighted by molar-refractivity contribution is 5.92. The second kappa shape index (κ2) is 6.68. The van der Waals surface area contributed by atoms with Gasteiger partial charge in [-0.3, -0.25) is 4.79 Å². The van der Waals surface area contributed by atoms with Crippen LogP contribution in [0.4, 0.5) is 5.82 Å². The molecular weight excluding hydrogens is 252 g/mol. The molecule has 1 aromatic heterocycles. The third kappa shape index (κ3) is 3.55. The molecule has 0 bridgehead atoms. The Morgan fingerprint density at radius 3 is 2.45 bits per heavy atom. The summed E-state index contributed by atoms with van der Waals surface area (Å²) in [7, 11) is 0. The molecule has 0 unspecified atom stereocenters. The Balaban J connectivity index is 2.17. The predicted molar refractivity (Wildman–Crippen MR) is 79.3 cm³/mol. The van der Waals surface area contributed by atoms with Crippen LogP contribution in [0.2, 0.25) is 0 Å². The Labute approximate surface area is 118 Å². The SMILES string of the molecule is NCCN(Cc1ccccc1)c1ccc(C(N)=O)cn1. The van der Waals surface area contributed by atoms with Gasteiger partial charge in [0.05, 0.1) is 5.56 Å². The Kier molecular flexibility index (Phi) is 4.68. The average Bonchev–Trinajstić information content (AvgIpc) is 2.48. The summed E-state index contributed by atoms with van der Waals surface area (Å²) in [5.41, 5.74) is 12.5. The van der Waals surface area contributed by atoms with Gasteiger partial charge in [0.1, 0.15) is 5.82 Å². The van der Waals surface area contributed by atoms with Crippen LogP contribution in [0.5, 0.6) is 0 Å². The number of aromatic nitrogens is 1. The van der Waals surface area contributed by atoms with Crippen LogP contribution in [-0.2, 0) is 6.54 Å².